The fourth-order valence-electron chi connectivity index (χ4n) is 2.55. The van der Waals surface area contributed by atoms with Crippen molar-refractivity contribution in [3.8, 4) is 0 Å². The van der Waals surface area contributed by atoms with Crippen molar-refractivity contribution < 1.29 is 9.18 Å². The van der Waals surface area contributed by atoms with Crippen LogP contribution in [0.3, 0.4) is 0 Å². The van der Waals surface area contributed by atoms with Crippen molar-refractivity contribution in [2.24, 2.45) is 0 Å². The monoisotopic (exact) mass is 365 g/mol. The van der Waals surface area contributed by atoms with Gasteiger partial charge in [-0.05, 0) is 31.2 Å². The van der Waals surface area contributed by atoms with Crippen LogP contribution in [-0.2, 0) is 11.3 Å². The summed E-state index contributed by atoms with van der Waals surface area (Å²) < 4.78 is 13.7. The Balaban J connectivity index is 1.73. The Labute approximate surface area is 156 Å². The van der Waals surface area contributed by atoms with Gasteiger partial charge in [-0.1, -0.05) is 24.3 Å². The minimum atomic E-state index is -0.272. The standard InChI is InChI=1S/C20H20FN5O/c1-13-10-19(25-17-8-5-7-16(11-17)24-14(2)27)26-20(23-13)22-12-15-6-3-4-9-18(15)21/h3-11H,12H2,1-2H3,(H,24,27)(H2,22,23,25,26). The number of nitrogens with zero attached hydrogens (tertiary/aromatic N) is 2. The molecule has 6 nitrogen and oxygen atoms in total. The molecule has 0 saturated heterocycles. The summed E-state index contributed by atoms with van der Waals surface area (Å²) in [6.07, 6.45) is 0. The maximum atomic E-state index is 13.7. The topological polar surface area (TPSA) is 78.9 Å². The number of aromatic nitrogens is 2. The molecule has 0 aliphatic rings. The van der Waals surface area contributed by atoms with Gasteiger partial charge in [0, 0.05) is 42.2 Å². The Bertz CT molecular complexity index is 961. The predicted octanol–water partition coefficient (Wildman–Crippen LogP) is 4.24. The van der Waals surface area contributed by atoms with Gasteiger partial charge < -0.3 is 16.0 Å². The third kappa shape index (κ3) is 5.24. The molecule has 3 N–H and O–H groups in total. The van der Waals surface area contributed by atoms with Crippen LogP contribution in [0.25, 0.3) is 0 Å². The number of amides is 1. The molecule has 27 heavy (non-hydrogen) atoms. The third-order valence-electron chi connectivity index (χ3n) is 3.70. The lowest BCUT2D eigenvalue weighted by atomic mass is 10.2. The van der Waals surface area contributed by atoms with Gasteiger partial charge in [-0.25, -0.2) is 9.37 Å². The first-order valence-electron chi connectivity index (χ1n) is 8.47. The maximum Gasteiger partial charge on any atom is 0.225 e. The third-order valence-corrected chi connectivity index (χ3v) is 3.70. The Kier molecular flexibility index (Phi) is 5.61. The van der Waals surface area contributed by atoms with Crippen LogP contribution in [-0.4, -0.2) is 15.9 Å². The molecule has 0 radical (unpaired) electrons. The van der Waals surface area contributed by atoms with Gasteiger partial charge in [0.1, 0.15) is 11.6 Å². The number of rotatable bonds is 6. The second-order valence-electron chi connectivity index (χ2n) is 6.05. The van der Waals surface area contributed by atoms with Crippen molar-refractivity contribution in [3.63, 3.8) is 0 Å². The summed E-state index contributed by atoms with van der Waals surface area (Å²) in [4.78, 5) is 20.0. The average molecular weight is 365 g/mol. The van der Waals surface area contributed by atoms with E-state index in [1.807, 2.05) is 25.1 Å². The molecule has 1 aromatic heterocycles. The number of hydrogen-bond donors (Lipinski definition) is 3. The summed E-state index contributed by atoms with van der Waals surface area (Å²) in [5.41, 5.74) is 2.78. The van der Waals surface area contributed by atoms with Gasteiger partial charge in [0.25, 0.3) is 0 Å². The first-order chi connectivity index (χ1) is 13.0. The van der Waals surface area contributed by atoms with E-state index in [2.05, 4.69) is 25.9 Å². The summed E-state index contributed by atoms with van der Waals surface area (Å²) in [5.74, 6) is 0.590. The first-order valence-corrected chi connectivity index (χ1v) is 8.47. The van der Waals surface area contributed by atoms with Crippen molar-refractivity contribution >= 4 is 29.0 Å². The zero-order chi connectivity index (χ0) is 19.2. The highest BCUT2D eigenvalue weighted by Gasteiger charge is 2.06. The lowest BCUT2D eigenvalue weighted by molar-refractivity contribution is -0.114. The van der Waals surface area contributed by atoms with Gasteiger partial charge in [0.05, 0.1) is 0 Å². The molecule has 138 valence electrons. The van der Waals surface area contributed by atoms with E-state index in [1.165, 1.54) is 13.0 Å². The Morgan fingerprint density at radius 2 is 1.81 bits per heavy atom. The quantitative estimate of drug-likeness (QED) is 0.609. The predicted molar refractivity (Wildman–Crippen MR) is 105 cm³/mol. The average Bonchev–Trinajstić information content (AvgIpc) is 2.60. The zero-order valence-electron chi connectivity index (χ0n) is 15.1. The molecule has 1 heterocycles. The number of anilines is 4. The van der Waals surface area contributed by atoms with Crippen LogP contribution in [0.2, 0.25) is 0 Å². The van der Waals surface area contributed by atoms with E-state index in [9.17, 15) is 9.18 Å². The van der Waals surface area contributed by atoms with Crippen molar-refractivity contribution in [3.05, 3.63) is 71.7 Å². The van der Waals surface area contributed by atoms with Crippen LogP contribution in [0, 0.1) is 12.7 Å². The largest absolute Gasteiger partial charge is 0.350 e. The molecule has 0 saturated carbocycles. The molecule has 3 aromatic rings. The fourth-order valence-corrected chi connectivity index (χ4v) is 2.55. The smallest absolute Gasteiger partial charge is 0.225 e. The lowest BCUT2D eigenvalue weighted by Gasteiger charge is -2.11. The van der Waals surface area contributed by atoms with Gasteiger partial charge >= 0.3 is 0 Å². The number of hydrogen-bond acceptors (Lipinski definition) is 5. The number of nitrogens with one attached hydrogen (secondary N) is 3. The normalized spacial score (nSPS) is 10.3. The Morgan fingerprint density at radius 3 is 2.59 bits per heavy atom. The molecule has 0 fully saturated rings. The van der Waals surface area contributed by atoms with Crippen LogP contribution >= 0.6 is 0 Å². The van der Waals surface area contributed by atoms with Gasteiger partial charge in [0.2, 0.25) is 11.9 Å². The van der Waals surface area contributed by atoms with Crippen LogP contribution in [0.15, 0.2) is 54.6 Å². The highest BCUT2D eigenvalue weighted by atomic mass is 19.1. The number of carbonyl (C=O) groups excluding carboxylic acids is 1. The second kappa shape index (κ2) is 8.27. The summed E-state index contributed by atoms with van der Waals surface area (Å²) in [5, 5.41) is 8.98. The van der Waals surface area contributed by atoms with Crippen molar-refractivity contribution in [1.82, 2.24) is 9.97 Å². The number of carbonyl (C=O) groups is 1. The number of aryl methyl sites for hydroxylation is 1. The highest BCUT2D eigenvalue weighted by Crippen LogP contribution is 2.20. The minimum absolute atomic E-state index is 0.135. The van der Waals surface area contributed by atoms with Crippen molar-refractivity contribution in [2.45, 2.75) is 20.4 Å². The van der Waals surface area contributed by atoms with Crippen LogP contribution in [0.4, 0.5) is 27.5 Å². The fraction of sp³-hybridized carbons (Fsp3) is 0.150. The summed E-state index contributed by atoms with van der Waals surface area (Å²) >= 11 is 0. The molecule has 0 unspecified atom stereocenters. The molecular formula is C20H20FN5O. The van der Waals surface area contributed by atoms with Gasteiger partial charge in [-0.3, -0.25) is 4.79 Å². The van der Waals surface area contributed by atoms with E-state index in [0.29, 0.717) is 23.0 Å². The summed E-state index contributed by atoms with van der Waals surface area (Å²) in [6, 6.07) is 15.7. The number of benzene rings is 2. The molecule has 0 aliphatic carbocycles. The molecule has 0 bridgehead atoms. The molecule has 3 rings (SSSR count). The van der Waals surface area contributed by atoms with Crippen molar-refractivity contribution in [1.29, 1.82) is 0 Å². The molecule has 0 aliphatic heterocycles. The molecular weight excluding hydrogens is 345 g/mol. The zero-order valence-corrected chi connectivity index (χ0v) is 15.1. The molecule has 0 spiro atoms. The van der Waals surface area contributed by atoms with E-state index in [1.54, 1.807) is 30.3 Å². The SMILES string of the molecule is CC(=O)Nc1cccc(Nc2cc(C)nc(NCc3ccccc3F)n2)c1. The van der Waals surface area contributed by atoms with E-state index in [0.717, 1.165) is 11.4 Å². The van der Waals surface area contributed by atoms with E-state index < -0.39 is 0 Å². The molecule has 2 aromatic carbocycles. The molecule has 0 atom stereocenters. The van der Waals surface area contributed by atoms with Crippen LogP contribution in [0.1, 0.15) is 18.2 Å². The lowest BCUT2D eigenvalue weighted by Crippen LogP contribution is -2.08. The van der Waals surface area contributed by atoms with Gasteiger partial charge in [0.15, 0.2) is 0 Å². The Morgan fingerprint density at radius 1 is 1.04 bits per heavy atom. The summed E-state index contributed by atoms with van der Waals surface area (Å²) in [7, 11) is 0. The van der Waals surface area contributed by atoms with E-state index in [4.69, 9.17) is 0 Å². The first kappa shape index (κ1) is 18.3. The van der Waals surface area contributed by atoms with Gasteiger partial charge in [-0.15, -0.1) is 0 Å². The van der Waals surface area contributed by atoms with Gasteiger partial charge in [-0.2, -0.15) is 4.98 Å². The molecule has 7 heteroatoms. The van der Waals surface area contributed by atoms with E-state index in [-0.39, 0.29) is 18.3 Å². The minimum Gasteiger partial charge on any atom is -0.350 e. The van der Waals surface area contributed by atoms with Crippen LogP contribution < -0.4 is 16.0 Å². The number of halogens is 1. The maximum absolute atomic E-state index is 13.7. The van der Waals surface area contributed by atoms with Crippen LogP contribution in [0.5, 0.6) is 0 Å². The Hall–Kier alpha value is -3.48. The van der Waals surface area contributed by atoms with Crippen molar-refractivity contribution in [2.75, 3.05) is 16.0 Å². The highest BCUT2D eigenvalue weighted by molar-refractivity contribution is 5.89. The van der Waals surface area contributed by atoms with E-state index >= 15 is 0 Å². The molecule has 1 amide bonds. The second-order valence-corrected chi connectivity index (χ2v) is 6.05. The summed E-state index contributed by atoms with van der Waals surface area (Å²) in [6.45, 7) is 3.60.